The Hall–Kier alpha value is -0.160. The Morgan fingerprint density at radius 2 is 1.74 bits per heavy atom. The maximum absolute atomic E-state index is 10.4. The summed E-state index contributed by atoms with van der Waals surface area (Å²) < 4.78 is 5.94. The van der Waals surface area contributed by atoms with Crippen molar-refractivity contribution >= 4 is 0 Å². The molecule has 0 saturated carbocycles. The minimum Gasteiger partial charge on any atom is -0.396 e. The van der Waals surface area contributed by atoms with Crippen LogP contribution in [0.1, 0.15) is 59.3 Å². The first kappa shape index (κ1) is 18.8. The maximum atomic E-state index is 10.4. The number of hydrogen-bond donors (Lipinski definition) is 3. The van der Waals surface area contributed by atoms with Gasteiger partial charge in [-0.25, -0.2) is 0 Å². The molecular formula is C15H32O4. The van der Waals surface area contributed by atoms with Gasteiger partial charge >= 0.3 is 0 Å². The van der Waals surface area contributed by atoms with Gasteiger partial charge in [-0.3, -0.25) is 0 Å². The lowest BCUT2D eigenvalue weighted by Gasteiger charge is -2.38. The van der Waals surface area contributed by atoms with E-state index < -0.39 is 11.7 Å². The second kappa shape index (κ2) is 10.6. The van der Waals surface area contributed by atoms with E-state index in [2.05, 4.69) is 13.8 Å². The quantitative estimate of drug-likeness (QED) is 0.477. The van der Waals surface area contributed by atoms with Crippen LogP contribution in [-0.4, -0.2) is 46.8 Å². The van der Waals surface area contributed by atoms with Gasteiger partial charge in [0.25, 0.3) is 0 Å². The molecule has 2 unspecified atom stereocenters. The van der Waals surface area contributed by atoms with Crippen LogP contribution in [0.25, 0.3) is 0 Å². The van der Waals surface area contributed by atoms with Gasteiger partial charge in [-0.1, -0.05) is 33.6 Å². The molecule has 0 aliphatic carbocycles. The fourth-order valence-corrected chi connectivity index (χ4v) is 2.26. The first-order valence-electron chi connectivity index (χ1n) is 7.56. The van der Waals surface area contributed by atoms with Gasteiger partial charge in [-0.2, -0.15) is 0 Å². The van der Waals surface area contributed by atoms with Gasteiger partial charge in [0.15, 0.2) is 0 Å². The molecule has 4 heteroatoms. The summed E-state index contributed by atoms with van der Waals surface area (Å²) in [6, 6.07) is 0. The monoisotopic (exact) mass is 276 g/mol. The van der Waals surface area contributed by atoms with Crippen molar-refractivity contribution in [1.29, 1.82) is 0 Å². The Bertz CT molecular complexity index is 208. The van der Waals surface area contributed by atoms with Crippen molar-refractivity contribution in [3.05, 3.63) is 0 Å². The van der Waals surface area contributed by atoms with Crippen LogP contribution in [-0.2, 0) is 4.74 Å². The van der Waals surface area contributed by atoms with Gasteiger partial charge in [0.05, 0.1) is 11.7 Å². The average molecular weight is 276 g/mol. The van der Waals surface area contributed by atoms with Gasteiger partial charge in [0, 0.05) is 26.2 Å². The van der Waals surface area contributed by atoms with Crippen LogP contribution in [0.4, 0.5) is 0 Å². The van der Waals surface area contributed by atoms with Crippen molar-refractivity contribution < 1.29 is 20.1 Å². The van der Waals surface area contributed by atoms with Crippen LogP contribution in [0.15, 0.2) is 0 Å². The third-order valence-corrected chi connectivity index (χ3v) is 3.58. The molecule has 0 radical (unpaired) electrons. The summed E-state index contributed by atoms with van der Waals surface area (Å²) in [6.45, 7) is 6.98. The molecule has 0 aliphatic rings. The summed E-state index contributed by atoms with van der Waals surface area (Å²) >= 11 is 0. The van der Waals surface area contributed by atoms with Crippen LogP contribution >= 0.6 is 0 Å². The SMILES string of the molecule is CCC(CCO)(OCC(C)C)C(O)CCCCCO. The molecule has 0 fully saturated rings. The molecule has 0 rings (SSSR count). The standard InChI is InChI=1S/C15H32O4/c1-4-15(9-11-17,19-12-13(2)3)14(18)8-6-5-7-10-16/h13-14,16-18H,4-12H2,1-3H3. The molecular weight excluding hydrogens is 244 g/mol. The summed E-state index contributed by atoms with van der Waals surface area (Å²) in [5.74, 6) is 0.409. The maximum Gasteiger partial charge on any atom is 0.0959 e. The first-order valence-corrected chi connectivity index (χ1v) is 7.56. The second-order valence-corrected chi connectivity index (χ2v) is 5.69. The van der Waals surface area contributed by atoms with E-state index in [-0.39, 0.29) is 13.2 Å². The smallest absolute Gasteiger partial charge is 0.0959 e. The van der Waals surface area contributed by atoms with Crippen LogP contribution in [0, 0.1) is 5.92 Å². The Morgan fingerprint density at radius 1 is 1.05 bits per heavy atom. The Balaban J connectivity index is 4.42. The van der Waals surface area contributed by atoms with E-state index >= 15 is 0 Å². The predicted octanol–water partition coefficient (Wildman–Crippen LogP) is 2.10. The fourth-order valence-electron chi connectivity index (χ4n) is 2.26. The third-order valence-electron chi connectivity index (χ3n) is 3.58. The summed E-state index contributed by atoms with van der Waals surface area (Å²) in [7, 11) is 0. The zero-order chi connectivity index (χ0) is 14.7. The minimum absolute atomic E-state index is 0.0274. The molecule has 0 aromatic carbocycles. The topological polar surface area (TPSA) is 69.9 Å². The molecule has 0 aromatic heterocycles. The van der Waals surface area contributed by atoms with Gasteiger partial charge < -0.3 is 20.1 Å². The highest BCUT2D eigenvalue weighted by atomic mass is 16.5. The lowest BCUT2D eigenvalue weighted by Crippen LogP contribution is -2.46. The summed E-state index contributed by atoms with van der Waals surface area (Å²) in [4.78, 5) is 0. The molecule has 0 bridgehead atoms. The van der Waals surface area contributed by atoms with Crippen molar-refractivity contribution in [2.24, 2.45) is 5.92 Å². The number of aliphatic hydroxyl groups is 3. The van der Waals surface area contributed by atoms with Gasteiger partial charge in [0.1, 0.15) is 0 Å². The van der Waals surface area contributed by atoms with Crippen molar-refractivity contribution in [3.63, 3.8) is 0 Å². The molecule has 2 atom stereocenters. The lowest BCUT2D eigenvalue weighted by molar-refractivity contribution is -0.144. The number of unbranched alkanes of at least 4 members (excludes halogenated alkanes) is 2. The Kier molecular flexibility index (Phi) is 10.5. The van der Waals surface area contributed by atoms with Crippen molar-refractivity contribution in [3.8, 4) is 0 Å². The highest BCUT2D eigenvalue weighted by Gasteiger charge is 2.36. The van der Waals surface area contributed by atoms with Crippen molar-refractivity contribution in [2.45, 2.75) is 71.0 Å². The molecule has 4 nitrogen and oxygen atoms in total. The molecule has 0 aromatic rings. The van der Waals surface area contributed by atoms with E-state index in [0.29, 0.717) is 31.8 Å². The first-order chi connectivity index (χ1) is 9.02. The van der Waals surface area contributed by atoms with Gasteiger partial charge in [-0.05, 0) is 25.2 Å². The van der Waals surface area contributed by atoms with E-state index in [1.165, 1.54) is 0 Å². The van der Waals surface area contributed by atoms with Crippen molar-refractivity contribution in [2.75, 3.05) is 19.8 Å². The summed E-state index contributed by atoms with van der Waals surface area (Å²) in [5.41, 5.74) is -0.627. The number of ether oxygens (including phenoxy) is 1. The molecule has 19 heavy (non-hydrogen) atoms. The number of rotatable bonds is 12. The van der Waals surface area contributed by atoms with Crippen LogP contribution < -0.4 is 0 Å². The minimum atomic E-state index is -0.627. The van der Waals surface area contributed by atoms with E-state index in [4.69, 9.17) is 9.84 Å². The Morgan fingerprint density at radius 3 is 2.21 bits per heavy atom. The van der Waals surface area contributed by atoms with E-state index in [1.54, 1.807) is 0 Å². The van der Waals surface area contributed by atoms with E-state index in [0.717, 1.165) is 19.3 Å². The molecule has 0 heterocycles. The molecule has 3 N–H and O–H groups in total. The normalized spacial score (nSPS) is 16.6. The lowest BCUT2D eigenvalue weighted by atomic mass is 9.86. The number of aliphatic hydroxyl groups excluding tert-OH is 3. The number of hydrogen-bond acceptors (Lipinski definition) is 4. The van der Waals surface area contributed by atoms with E-state index in [1.807, 2.05) is 6.92 Å². The molecule has 0 aliphatic heterocycles. The molecule has 0 saturated heterocycles. The Labute approximate surface area is 117 Å². The molecule has 116 valence electrons. The largest absolute Gasteiger partial charge is 0.396 e. The van der Waals surface area contributed by atoms with Crippen LogP contribution in [0.3, 0.4) is 0 Å². The van der Waals surface area contributed by atoms with Crippen LogP contribution in [0.2, 0.25) is 0 Å². The fraction of sp³-hybridized carbons (Fsp3) is 1.00. The highest BCUT2D eigenvalue weighted by molar-refractivity contribution is 4.87. The zero-order valence-electron chi connectivity index (χ0n) is 12.8. The molecule has 0 amide bonds. The predicted molar refractivity (Wildman–Crippen MR) is 77.1 cm³/mol. The second-order valence-electron chi connectivity index (χ2n) is 5.69. The van der Waals surface area contributed by atoms with Crippen LogP contribution in [0.5, 0.6) is 0 Å². The van der Waals surface area contributed by atoms with Crippen molar-refractivity contribution in [1.82, 2.24) is 0 Å². The zero-order valence-corrected chi connectivity index (χ0v) is 12.8. The van der Waals surface area contributed by atoms with Gasteiger partial charge in [0.2, 0.25) is 0 Å². The molecule has 0 spiro atoms. The summed E-state index contributed by atoms with van der Waals surface area (Å²) in [6.07, 6.45) is 3.84. The van der Waals surface area contributed by atoms with Gasteiger partial charge in [-0.15, -0.1) is 0 Å². The third kappa shape index (κ3) is 7.25. The average Bonchev–Trinajstić information content (AvgIpc) is 2.39. The summed E-state index contributed by atoms with van der Waals surface area (Å²) in [5, 5.41) is 28.4. The highest BCUT2D eigenvalue weighted by Crippen LogP contribution is 2.29. The van der Waals surface area contributed by atoms with E-state index in [9.17, 15) is 10.2 Å².